The summed E-state index contributed by atoms with van der Waals surface area (Å²) in [6.45, 7) is 0. The summed E-state index contributed by atoms with van der Waals surface area (Å²) in [5.41, 5.74) is 5.10. The maximum atomic E-state index is 5.59. The zero-order valence-corrected chi connectivity index (χ0v) is 23.0. The fraction of sp³-hybridized carbons (Fsp3) is 0.414. The third-order valence-electron chi connectivity index (χ3n) is 7.14. The van der Waals surface area contributed by atoms with Crippen molar-refractivity contribution < 1.29 is 0 Å². The number of aromatic nitrogens is 2. The standard InChI is InChI=1S/C29H36N8S/c1-37(2)27-25-10-6-7-11-26(25)33-28(34-27)30-20-12-14-21(15-13-20)31-29(38)32-22-16-18-24(19-17-22)36-35-23-8-4-3-5-9-23/h3-5,8-9,16-21H,6-7,10-15H2,1-2H3,(H,30,33,34)(H2,31,32,38)/t20-,21+. The van der Waals surface area contributed by atoms with Gasteiger partial charge < -0.3 is 20.9 Å². The molecular weight excluding hydrogens is 492 g/mol. The predicted octanol–water partition coefficient (Wildman–Crippen LogP) is 6.55. The maximum Gasteiger partial charge on any atom is 0.225 e. The zero-order valence-electron chi connectivity index (χ0n) is 22.2. The van der Waals surface area contributed by atoms with Crippen LogP contribution in [0.3, 0.4) is 0 Å². The van der Waals surface area contributed by atoms with Crippen molar-refractivity contribution in [1.29, 1.82) is 0 Å². The summed E-state index contributed by atoms with van der Waals surface area (Å²) >= 11 is 5.59. The molecule has 0 radical (unpaired) electrons. The summed E-state index contributed by atoms with van der Waals surface area (Å²) in [4.78, 5) is 11.9. The van der Waals surface area contributed by atoms with Gasteiger partial charge in [-0.3, -0.25) is 0 Å². The van der Waals surface area contributed by atoms with Gasteiger partial charge in [-0.05, 0) is 100.0 Å². The van der Waals surface area contributed by atoms with Crippen molar-refractivity contribution in [2.75, 3.05) is 29.6 Å². The number of anilines is 3. The Labute approximate surface area is 230 Å². The SMILES string of the molecule is CN(C)c1nc(N[C@H]2CC[C@@H](NC(=S)Nc3ccc(N=Nc4ccccc4)cc3)CC2)nc2c1CCCC2. The van der Waals surface area contributed by atoms with Gasteiger partial charge in [0.1, 0.15) is 5.82 Å². The van der Waals surface area contributed by atoms with E-state index < -0.39 is 0 Å². The van der Waals surface area contributed by atoms with Gasteiger partial charge >= 0.3 is 0 Å². The second kappa shape index (κ2) is 12.3. The predicted molar refractivity (Wildman–Crippen MR) is 159 cm³/mol. The molecule has 3 N–H and O–H groups in total. The van der Waals surface area contributed by atoms with Crippen LogP contribution in [0.4, 0.5) is 28.8 Å². The molecule has 198 valence electrons. The molecular formula is C29H36N8S. The molecule has 3 aromatic rings. The molecule has 2 aliphatic carbocycles. The number of hydrogen-bond acceptors (Lipinski definition) is 7. The minimum atomic E-state index is 0.355. The Morgan fingerprint density at radius 2 is 1.50 bits per heavy atom. The van der Waals surface area contributed by atoms with Crippen molar-refractivity contribution in [2.45, 2.75) is 63.5 Å². The summed E-state index contributed by atoms with van der Waals surface area (Å²) in [6, 6.07) is 18.2. The normalized spacial score (nSPS) is 19.0. The average molecular weight is 529 g/mol. The quantitative estimate of drug-likeness (QED) is 0.237. The van der Waals surface area contributed by atoms with Crippen molar-refractivity contribution in [2.24, 2.45) is 10.2 Å². The molecule has 1 aromatic heterocycles. The van der Waals surface area contributed by atoms with E-state index in [0.717, 1.165) is 67.4 Å². The first-order chi connectivity index (χ1) is 18.5. The van der Waals surface area contributed by atoms with E-state index in [1.807, 2.05) is 54.6 Å². The molecule has 1 saturated carbocycles. The van der Waals surface area contributed by atoms with Crippen LogP contribution in [0.1, 0.15) is 49.8 Å². The molecule has 1 fully saturated rings. The van der Waals surface area contributed by atoms with Crippen LogP contribution < -0.4 is 20.9 Å². The van der Waals surface area contributed by atoms with Gasteiger partial charge in [-0.15, -0.1) is 0 Å². The lowest BCUT2D eigenvalue weighted by Crippen LogP contribution is -2.42. The minimum absolute atomic E-state index is 0.355. The van der Waals surface area contributed by atoms with Crippen LogP contribution in [-0.2, 0) is 12.8 Å². The molecule has 0 aliphatic heterocycles. The molecule has 9 heteroatoms. The van der Waals surface area contributed by atoms with Crippen LogP contribution in [0.2, 0.25) is 0 Å². The van der Waals surface area contributed by atoms with E-state index in [4.69, 9.17) is 22.2 Å². The number of benzene rings is 2. The molecule has 0 amide bonds. The van der Waals surface area contributed by atoms with Gasteiger partial charge in [0.25, 0.3) is 0 Å². The van der Waals surface area contributed by atoms with Crippen LogP contribution in [0.5, 0.6) is 0 Å². The lowest BCUT2D eigenvalue weighted by atomic mass is 9.91. The lowest BCUT2D eigenvalue weighted by Gasteiger charge is -2.31. The Bertz CT molecular complexity index is 1250. The number of azo groups is 1. The Hall–Kier alpha value is -3.59. The Morgan fingerprint density at radius 3 is 2.21 bits per heavy atom. The summed E-state index contributed by atoms with van der Waals surface area (Å²) < 4.78 is 0. The van der Waals surface area contributed by atoms with Crippen molar-refractivity contribution in [3.63, 3.8) is 0 Å². The highest BCUT2D eigenvalue weighted by Crippen LogP contribution is 2.29. The first kappa shape index (κ1) is 26.0. The van der Waals surface area contributed by atoms with Crippen LogP contribution in [0.25, 0.3) is 0 Å². The Morgan fingerprint density at radius 1 is 0.842 bits per heavy atom. The number of fused-ring (bicyclic) bond motifs is 1. The molecule has 0 bridgehead atoms. The Balaban J connectivity index is 1.09. The molecule has 0 spiro atoms. The summed E-state index contributed by atoms with van der Waals surface area (Å²) in [6.07, 6.45) is 8.77. The molecule has 0 unspecified atom stereocenters. The summed E-state index contributed by atoms with van der Waals surface area (Å²) in [5, 5.41) is 19.6. The molecule has 2 aromatic carbocycles. The number of thiocarbonyl (C=S) groups is 1. The van der Waals surface area contributed by atoms with E-state index in [-0.39, 0.29) is 0 Å². The monoisotopic (exact) mass is 528 g/mol. The van der Waals surface area contributed by atoms with E-state index in [0.29, 0.717) is 17.2 Å². The molecule has 0 saturated heterocycles. The third-order valence-corrected chi connectivity index (χ3v) is 7.36. The van der Waals surface area contributed by atoms with Crippen molar-refractivity contribution in [1.82, 2.24) is 15.3 Å². The molecule has 38 heavy (non-hydrogen) atoms. The molecule has 0 atom stereocenters. The third kappa shape index (κ3) is 6.83. The van der Waals surface area contributed by atoms with Crippen molar-refractivity contribution in [3.05, 3.63) is 65.9 Å². The summed E-state index contributed by atoms with van der Waals surface area (Å²) in [5.74, 6) is 1.84. The number of hydrogen-bond donors (Lipinski definition) is 3. The van der Waals surface area contributed by atoms with Gasteiger partial charge in [0.05, 0.1) is 17.1 Å². The maximum absolute atomic E-state index is 5.59. The highest BCUT2D eigenvalue weighted by molar-refractivity contribution is 7.80. The number of nitrogens with zero attached hydrogens (tertiary/aromatic N) is 5. The van der Waals surface area contributed by atoms with E-state index in [9.17, 15) is 0 Å². The highest BCUT2D eigenvalue weighted by atomic mass is 32.1. The first-order valence-electron chi connectivity index (χ1n) is 13.5. The van der Waals surface area contributed by atoms with Gasteiger partial charge in [-0.1, -0.05) is 18.2 Å². The molecule has 5 rings (SSSR count). The van der Waals surface area contributed by atoms with Crippen LogP contribution in [0, 0.1) is 0 Å². The van der Waals surface area contributed by atoms with E-state index in [1.54, 1.807) is 0 Å². The van der Waals surface area contributed by atoms with Crippen LogP contribution in [0.15, 0.2) is 64.8 Å². The molecule has 1 heterocycles. The topological polar surface area (TPSA) is 89.8 Å². The van der Waals surface area contributed by atoms with Crippen molar-refractivity contribution in [3.8, 4) is 0 Å². The van der Waals surface area contributed by atoms with E-state index in [1.165, 1.54) is 24.1 Å². The second-order valence-electron chi connectivity index (χ2n) is 10.3. The molecule has 8 nitrogen and oxygen atoms in total. The zero-order chi connectivity index (χ0) is 26.3. The lowest BCUT2D eigenvalue weighted by molar-refractivity contribution is 0.387. The minimum Gasteiger partial charge on any atom is -0.362 e. The van der Waals surface area contributed by atoms with Crippen molar-refractivity contribution >= 4 is 46.2 Å². The second-order valence-corrected chi connectivity index (χ2v) is 10.7. The van der Waals surface area contributed by atoms with Gasteiger partial charge in [-0.25, -0.2) is 4.98 Å². The van der Waals surface area contributed by atoms with Gasteiger partial charge in [0.15, 0.2) is 5.11 Å². The van der Waals surface area contributed by atoms with E-state index >= 15 is 0 Å². The fourth-order valence-electron chi connectivity index (χ4n) is 5.15. The van der Waals surface area contributed by atoms with Crippen LogP contribution in [-0.4, -0.2) is 41.3 Å². The largest absolute Gasteiger partial charge is 0.362 e. The summed E-state index contributed by atoms with van der Waals surface area (Å²) in [7, 11) is 4.14. The fourth-order valence-corrected chi connectivity index (χ4v) is 5.43. The first-order valence-corrected chi connectivity index (χ1v) is 13.9. The van der Waals surface area contributed by atoms with Gasteiger partial charge in [0, 0.05) is 37.4 Å². The molecule has 2 aliphatic rings. The average Bonchev–Trinajstić information content (AvgIpc) is 2.94. The highest BCUT2D eigenvalue weighted by Gasteiger charge is 2.24. The van der Waals surface area contributed by atoms with Gasteiger partial charge in [-0.2, -0.15) is 15.2 Å². The number of aryl methyl sites for hydroxylation is 1. The van der Waals surface area contributed by atoms with Crippen LogP contribution >= 0.6 is 12.2 Å². The Kier molecular flexibility index (Phi) is 8.43. The number of rotatable bonds is 7. The van der Waals surface area contributed by atoms with E-state index in [2.05, 4.69) is 45.2 Å². The number of nitrogens with one attached hydrogen (secondary N) is 3. The smallest absolute Gasteiger partial charge is 0.225 e. The van der Waals surface area contributed by atoms with Gasteiger partial charge in [0.2, 0.25) is 5.95 Å².